The van der Waals surface area contributed by atoms with Gasteiger partial charge in [0, 0.05) is 37.2 Å². The Kier molecular flexibility index (Phi) is 6.67. The summed E-state index contributed by atoms with van der Waals surface area (Å²) >= 11 is 0. The molecule has 1 amide bonds. The smallest absolute Gasteiger partial charge is 0.257 e. The maximum absolute atomic E-state index is 12.8. The lowest BCUT2D eigenvalue weighted by Gasteiger charge is -2.41. The molecule has 2 fully saturated rings. The number of carbonyl (C=O) groups excluding carboxylic acids is 1. The molecule has 1 N–H and O–H groups in total. The quantitative estimate of drug-likeness (QED) is 0.596. The molecule has 1 aliphatic heterocycles. The fourth-order valence-electron chi connectivity index (χ4n) is 5.26. The zero-order valence-electron chi connectivity index (χ0n) is 20.1. The van der Waals surface area contributed by atoms with E-state index in [4.69, 9.17) is 4.74 Å². The van der Waals surface area contributed by atoms with Crippen molar-refractivity contribution in [3.05, 3.63) is 77.9 Å². The summed E-state index contributed by atoms with van der Waals surface area (Å²) in [6.45, 7) is 5.59. The minimum Gasteiger partial charge on any atom is -0.379 e. The second-order valence-corrected chi connectivity index (χ2v) is 9.61. The van der Waals surface area contributed by atoms with E-state index < -0.39 is 5.41 Å². The minimum atomic E-state index is -0.559. The van der Waals surface area contributed by atoms with Gasteiger partial charge in [-0.3, -0.25) is 14.7 Å². The summed E-state index contributed by atoms with van der Waals surface area (Å²) in [5, 5.41) is 13.0. The predicted octanol–water partition coefficient (Wildman–Crippen LogP) is 4.47. The molecule has 180 valence electrons. The Hall–Kier alpha value is -3.47. The number of hydrogen-bond acceptors (Lipinski definition) is 5. The Morgan fingerprint density at radius 1 is 1.17 bits per heavy atom. The molecule has 3 heterocycles. The number of morpholine rings is 1. The van der Waals surface area contributed by atoms with Crippen LogP contribution in [0.3, 0.4) is 0 Å². The highest BCUT2D eigenvalue weighted by atomic mass is 16.5. The fourth-order valence-corrected chi connectivity index (χ4v) is 5.26. The van der Waals surface area contributed by atoms with Crippen molar-refractivity contribution >= 4 is 11.6 Å². The zero-order chi connectivity index (χ0) is 24.3. The van der Waals surface area contributed by atoms with Crippen molar-refractivity contribution in [1.82, 2.24) is 14.5 Å². The summed E-state index contributed by atoms with van der Waals surface area (Å²) in [5.41, 5.74) is 3.61. The Labute approximate surface area is 206 Å². The number of nitriles is 1. The number of hydrogen-bond donors (Lipinski definition) is 1. The molecule has 1 saturated carbocycles. The standard InChI is InChI=1S/C28H31N5O2/c1-21-3-2-4-25(17-21)33-12-9-22(19-33)27(34)31-23-5-6-26(30-18-23)28(20-29)10-7-24(8-11-28)32-13-15-35-16-14-32/h2-6,9,12,17-19,24H,7-8,10-11,13-16H2,1H3,(H,31,34)/t24-,28-. The van der Waals surface area contributed by atoms with E-state index in [1.165, 1.54) is 0 Å². The average molecular weight is 470 g/mol. The van der Waals surface area contributed by atoms with Crippen LogP contribution in [0.4, 0.5) is 5.69 Å². The number of rotatable bonds is 5. The van der Waals surface area contributed by atoms with Gasteiger partial charge in [0.15, 0.2) is 0 Å². The number of ether oxygens (including phenoxy) is 1. The van der Waals surface area contributed by atoms with E-state index in [1.54, 1.807) is 12.3 Å². The Morgan fingerprint density at radius 2 is 1.97 bits per heavy atom. The van der Waals surface area contributed by atoms with Crippen LogP contribution in [-0.2, 0) is 10.2 Å². The summed E-state index contributed by atoms with van der Waals surface area (Å²) in [4.78, 5) is 19.9. The number of amides is 1. The van der Waals surface area contributed by atoms with Gasteiger partial charge in [-0.1, -0.05) is 12.1 Å². The van der Waals surface area contributed by atoms with Crippen molar-refractivity contribution in [2.45, 2.75) is 44.1 Å². The SMILES string of the molecule is Cc1cccc(-n2ccc(C(=O)Nc3ccc([C@]4(C#N)CC[C@@H](N5CCOCC5)CC4)nc3)c2)c1. The first kappa shape index (κ1) is 23.3. The molecule has 1 saturated heterocycles. The number of anilines is 1. The van der Waals surface area contributed by atoms with E-state index in [-0.39, 0.29) is 5.91 Å². The molecule has 2 aromatic heterocycles. The van der Waals surface area contributed by atoms with Crippen LogP contribution in [0.2, 0.25) is 0 Å². The van der Waals surface area contributed by atoms with Gasteiger partial charge < -0.3 is 14.6 Å². The van der Waals surface area contributed by atoms with E-state index in [1.807, 2.05) is 54.2 Å². The highest BCUT2D eigenvalue weighted by molar-refractivity contribution is 6.04. The lowest BCUT2D eigenvalue weighted by molar-refractivity contribution is 0.00493. The van der Waals surface area contributed by atoms with Crippen molar-refractivity contribution in [1.29, 1.82) is 5.26 Å². The van der Waals surface area contributed by atoms with Gasteiger partial charge >= 0.3 is 0 Å². The largest absolute Gasteiger partial charge is 0.379 e. The van der Waals surface area contributed by atoms with E-state index >= 15 is 0 Å². The number of aryl methyl sites for hydroxylation is 1. The molecule has 3 aromatic rings. The molecule has 1 aromatic carbocycles. The summed E-state index contributed by atoms with van der Waals surface area (Å²) in [5.74, 6) is -0.188. The molecule has 2 aliphatic rings. The zero-order valence-corrected chi connectivity index (χ0v) is 20.1. The van der Waals surface area contributed by atoms with Gasteiger partial charge in [-0.15, -0.1) is 0 Å². The Morgan fingerprint density at radius 3 is 2.66 bits per heavy atom. The van der Waals surface area contributed by atoms with Gasteiger partial charge in [0.1, 0.15) is 0 Å². The third-order valence-electron chi connectivity index (χ3n) is 7.35. The molecule has 35 heavy (non-hydrogen) atoms. The van der Waals surface area contributed by atoms with Gasteiger partial charge in [-0.25, -0.2) is 0 Å². The van der Waals surface area contributed by atoms with Crippen LogP contribution < -0.4 is 5.32 Å². The highest BCUT2D eigenvalue weighted by Crippen LogP contribution is 2.40. The summed E-state index contributed by atoms with van der Waals surface area (Å²) in [7, 11) is 0. The van der Waals surface area contributed by atoms with E-state index in [0.717, 1.165) is 68.9 Å². The maximum atomic E-state index is 12.8. The first-order valence-corrected chi connectivity index (χ1v) is 12.3. The predicted molar refractivity (Wildman–Crippen MR) is 135 cm³/mol. The van der Waals surface area contributed by atoms with Gasteiger partial charge in [0.25, 0.3) is 5.91 Å². The fraction of sp³-hybridized carbons (Fsp3) is 0.393. The molecule has 7 nitrogen and oxygen atoms in total. The average Bonchev–Trinajstić information content (AvgIpc) is 3.41. The molecule has 0 spiro atoms. The summed E-state index contributed by atoms with van der Waals surface area (Å²) in [6, 6.07) is 16.8. The lowest BCUT2D eigenvalue weighted by Crippen LogP contribution is -2.47. The molecule has 5 rings (SSSR count). The maximum Gasteiger partial charge on any atom is 0.257 e. The molecular weight excluding hydrogens is 438 g/mol. The number of nitrogens with one attached hydrogen (secondary N) is 1. The van der Waals surface area contributed by atoms with Crippen molar-refractivity contribution in [2.75, 3.05) is 31.6 Å². The first-order valence-electron chi connectivity index (χ1n) is 12.3. The third-order valence-corrected chi connectivity index (χ3v) is 7.35. The van der Waals surface area contributed by atoms with E-state index in [9.17, 15) is 10.1 Å². The topological polar surface area (TPSA) is 83.2 Å². The Balaban J connectivity index is 1.22. The number of nitrogens with zero attached hydrogens (tertiary/aromatic N) is 4. The van der Waals surface area contributed by atoms with E-state index in [2.05, 4.69) is 27.3 Å². The number of carbonyl (C=O) groups is 1. The lowest BCUT2D eigenvalue weighted by atomic mass is 9.71. The van der Waals surface area contributed by atoms with Crippen LogP contribution in [0.1, 0.15) is 47.3 Å². The minimum absolute atomic E-state index is 0.188. The van der Waals surface area contributed by atoms with Crippen LogP contribution in [0, 0.1) is 18.3 Å². The normalized spacial score (nSPS) is 22.9. The highest BCUT2D eigenvalue weighted by Gasteiger charge is 2.40. The van der Waals surface area contributed by atoms with Crippen molar-refractivity contribution in [3.63, 3.8) is 0 Å². The van der Waals surface area contributed by atoms with Crippen LogP contribution >= 0.6 is 0 Å². The van der Waals surface area contributed by atoms with E-state index in [0.29, 0.717) is 17.3 Å². The van der Waals surface area contributed by atoms with Gasteiger partial charge in [-0.05, 0) is 68.5 Å². The van der Waals surface area contributed by atoms with Crippen molar-refractivity contribution < 1.29 is 9.53 Å². The summed E-state index contributed by atoms with van der Waals surface area (Å²) in [6.07, 6.45) is 8.96. The van der Waals surface area contributed by atoms with Gasteiger partial charge in [0.05, 0.1) is 47.8 Å². The van der Waals surface area contributed by atoms with Crippen LogP contribution in [0.25, 0.3) is 5.69 Å². The molecule has 0 radical (unpaired) electrons. The molecule has 7 heteroatoms. The Bertz CT molecular complexity index is 1210. The molecule has 0 unspecified atom stereocenters. The second-order valence-electron chi connectivity index (χ2n) is 9.61. The molecular formula is C28H31N5O2. The number of aromatic nitrogens is 2. The van der Waals surface area contributed by atoms with Gasteiger partial charge in [0.2, 0.25) is 0 Å². The van der Waals surface area contributed by atoms with Crippen molar-refractivity contribution in [2.24, 2.45) is 0 Å². The van der Waals surface area contributed by atoms with Crippen LogP contribution in [-0.4, -0.2) is 52.7 Å². The number of pyridine rings is 1. The third kappa shape index (κ3) is 5.00. The van der Waals surface area contributed by atoms with Gasteiger partial charge in [-0.2, -0.15) is 5.26 Å². The molecule has 1 aliphatic carbocycles. The number of benzene rings is 1. The molecule has 0 atom stereocenters. The summed E-state index contributed by atoms with van der Waals surface area (Å²) < 4.78 is 7.42. The molecule has 0 bridgehead atoms. The second kappa shape index (κ2) is 10.0. The van der Waals surface area contributed by atoms with Crippen LogP contribution in [0.5, 0.6) is 0 Å². The van der Waals surface area contributed by atoms with Crippen molar-refractivity contribution in [3.8, 4) is 11.8 Å². The first-order chi connectivity index (χ1) is 17.1. The van der Waals surface area contributed by atoms with Crippen LogP contribution in [0.15, 0.2) is 61.1 Å². The monoisotopic (exact) mass is 469 g/mol.